The zero-order valence-corrected chi connectivity index (χ0v) is 17.9. The summed E-state index contributed by atoms with van der Waals surface area (Å²) in [5.41, 5.74) is 0.822. The van der Waals surface area contributed by atoms with Gasteiger partial charge in [-0.15, -0.1) is 10.2 Å². The zero-order valence-electron chi connectivity index (χ0n) is 15.5. The van der Waals surface area contributed by atoms with E-state index in [1.54, 1.807) is 0 Å². The number of rotatable bonds is 10. The molecular formula is C20H21BrN2O4S. The average molecular weight is 465 g/mol. The van der Waals surface area contributed by atoms with E-state index in [0.29, 0.717) is 30.7 Å². The molecule has 0 radical (unpaired) electrons. The first-order chi connectivity index (χ1) is 13.6. The Hall–Kier alpha value is -2.19. The van der Waals surface area contributed by atoms with Gasteiger partial charge in [-0.25, -0.2) is 0 Å². The van der Waals surface area contributed by atoms with Crippen molar-refractivity contribution in [2.75, 3.05) is 19.0 Å². The molecule has 0 aliphatic rings. The van der Waals surface area contributed by atoms with Crippen molar-refractivity contribution in [1.29, 1.82) is 0 Å². The van der Waals surface area contributed by atoms with Crippen molar-refractivity contribution in [3.63, 3.8) is 0 Å². The number of aromatic nitrogens is 2. The van der Waals surface area contributed by atoms with E-state index < -0.39 is 10.8 Å². The first kappa shape index (κ1) is 20.5. The third-order valence-electron chi connectivity index (χ3n) is 3.72. The van der Waals surface area contributed by atoms with E-state index in [2.05, 4.69) is 33.1 Å². The van der Waals surface area contributed by atoms with Crippen LogP contribution in [0.4, 0.5) is 0 Å². The lowest BCUT2D eigenvalue weighted by Gasteiger charge is -2.07. The highest BCUT2D eigenvalue weighted by Crippen LogP contribution is 2.21. The molecule has 0 fully saturated rings. The van der Waals surface area contributed by atoms with Gasteiger partial charge in [-0.3, -0.25) is 4.21 Å². The summed E-state index contributed by atoms with van der Waals surface area (Å²) in [6, 6.07) is 15.0. The van der Waals surface area contributed by atoms with Crippen molar-refractivity contribution in [2.24, 2.45) is 0 Å². The van der Waals surface area contributed by atoms with Crippen LogP contribution in [0, 0.1) is 0 Å². The van der Waals surface area contributed by atoms with E-state index in [4.69, 9.17) is 13.9 Å². The van der Waals surface area contributed by atoms with Crippen molar-refractivity contribution >= 4 is 26.7 Å². The molecule has 0 aliphatic carbocycles. The summed E-state index contributed by atoms with van der Waals surface area (Å²) in [7, 11) is -1.15. The molecular weight excluding hydrogens is 444 g/mol. The van der Waals surface area contributed by atoms with Crippen LogP contribution < -0.4 is 9.47 Å². The van der Waals surface area contributed by atoms with Gasteiger partial charge in [0.1, 0.15) is 17.3 Å². The fraction of sp³-hybridized carbons (Fsp3) is 0.300. The largest absolute Gasteiger partial charge is 0.494 e. The van der Waals surface area contributed by atoms with Crippen LogP contribution in [-0.4, -0.2) is 33.4 Å². The summed E-state index contributed by atoms with van der Waals surface area (Å²) in [6.07, 6.45) is 0.967. The van der Waals surface area contributed by atoms with Gasteiger partial charge in [0.05, 0.1) is 19.0 Å². The molecule has 1 atom stereocenters. The van der Waals surface area contributed by atoms with Crippen LogP contribution in [-0.2, 0) is 16.6 Å². The van der Waals surface area contributed by atoms with Crippen molar-refractivity contribution in [2.45, 2.75) is 19.1 Å². The smallest absolute Gasteiger partial charge is 0.247 e. The third-order valence-corrected chi connectivity index (χ3v) is 5.44. The molecule has 148 valence electrons. The average Bonchev–Trinajstić information content (AvgIpc) is 3.16. The molecule has 1 aromatic heterocycles. The SMILES string of the molecule is CCCOc1ccc(OCC[S@@](=O)Cc2nnc(-c3ccc(Br)cc3)o2)cc1. The standard InChI is InChI=1S/C20H21BrN2O4S/c1-2-11-25-17-7-9-18(10-8-17)26-12-13-28(24)14-19-22-23-20(27-19)15-3-5-16(21)6-4-15/h3-10H,2,11-14H2,1H3/t28-/m1/s1. The van der Waals surface area contributed by atoms with Crippen molar-refractivity contribution in [3.05, 3.63) is 58.9 Å². The molecule has 0 N–H and O–H groups in total. The van der Waals surface area contributed by atoms with Gasteiger partial charge in [0.15, 0.2) is 0 Å². The van der Waals surface area contributed by atoms with Crippen molar-refractivity contribution < 1.29 is 18.1 Å². The minimum absolute atomic E-state index is 0.205. The first-order valence-electron chi connectivity index (χ1n) is 8.93. The quantitative estimate of drug-likeness (QED) is 0.435. The molecule has 0 amide bonds. The Labute approximate surface area is 174 Å². The fourth-order valence-electron chi connectivity index (χ4n) is 2.34. The molecule has 8 heteroatoms. The Bertz CT molecular complexity index is 897. The Balaban J connectivity index is 1.44. The second-order valence-corrected chi connectivity index (χ2v) is 8.46. The second-order valence-electron chi connectivity index (χ2n) is 5.96. The van der Waals surface area contributed by atoms with Crippen LogP contribution in [0.25, 0.3) is 11.5 Å². The summed E-state index contributed by atoms with van der Waals surface area (Å²) in [6.45, 7) is 3.10. The van der Waals surface area contributed by atoms with Gasteiger partial charge in [0.25, 0.3) is 0 Å². The monoisotopic (exact) mass is 464 g/mol. The summed E-state index contributed by atoms with van der Waals surface area (Å²) < 4.78 is 30.0. The lowest BCUT2D eigenvalue weighted by atomic mass is 10.2. The predicted molar refractivity (Wildman–Crippen MR) is 112 cm³/mol. The van der Waals surface area contributed by atoms with Gasteiger partial charge < -0.3 is 13.9 Å². The molecule has 0 bridgehead atoms. The van der Waals surface area contributed by atoms with Crippen LogP contribution in [0.2, 0.25) is 0 Å². The minimum atomic E-state index is -1.15. The number of ether oxygens (including phenoxy) is 2. The minimum Gasteiger partial charge on any atom is -0.494 e. The van der Waals surface area contributed by atoms with E-state index in [-0.39, 0.29) is 5.75 Å². The highest BCUT2D eigenvalue weighted by atomic mass is 79.9. The predicted octanol–water partition coefficient (Wildman–Crippen LogP) is 4.62. The van der Waals surface area contributed by atoms with Crippen LogP contribution in [0.15, 0.2) is 57.4 Å². The Morgan fingerprint density at radius 2 is 1.61 bits per heavy atom. The van der Waals surface area contributed by atoms with Gasteiger partial charge in [-0.1, -0.05) is 22.9 Å². The van der Waals surface area contributed by atoms with Gasteiger partial charge in [-0.2, -0.15) is 0 Å². The van der Waals surface area contributed by atoms with Gasteiger partial charge >= 0.3 is 0 Å². The van der Waals surface area contributed by atoms with Crippen LogP contribution in [0.5, 0.6) is 11.5 Å². The van der Waals surface area contributed by atoms with E-state index in [0.717, 1.165) is 28.0 Å². The maximum absolute atomic E-state index is 12.2. The molecule has 0 saturated carbocycles. The van der Waals surface area contributed by atoms with Crippen molar-refractivity contribution in [3.8, 4) is 23.0 Å². The Morgan fingerprint density at radius 1 is 0.964 bits per heavy atom. The molecule has 3 rings (SSSR count). The van der Waals surface area contributed by atoms with Crippen LogP contribution in [0.3, 0.4) is 0 Å². The number of hydrogen-bond donors (Lipinski definition) is 0. The third kappa shape index (κ3) is 6.17. The maximum Gasteiger partial charge on any atom is 0.247 e. The molecule has 0 spiro atoms. The highest BCUT2D eigenvalue weighted by Gasteiger charge is 2.12. The lowest BCUT2D eigenvalue weighted by molar-refractivity contribution is 0.314. The number of benzene rings is 2. The summed E-state index contributed by atoms with van der Waals surface area (Å²) in [5.74, 6) is 2.89. The first-order valence-corrected chi connectivity index (χ1v) is 11.2. The Morgan fingerprint density at radius 3 is 2.25 bits per heavy atom. The summed E-state index contributed by atoms with van der Waals surface area (Å²) >= 11 is 3.39. The van der Waals surface area contributed by atoms with Gasteiger partial charge in [0, 0.05) is 20.8 Å². The molecule has 0 saturated heterocycles. The number of hydrogen-bond acceptors (Lipinski definition) is 6. The van der Waals surface area contributed by atoms with Crippen LogP contribution >= 0.6 is 15.9 Å². The molecule has 1 heterocycles. The molecule has 2 aromatic carbocycles. The van der Waals surface area contributed by atoms with E-state index >= 15 is 0 Å². The maximum atomic E-state index is 12.2. The number of halogens is 1. The fourth-order valence-corrected chi connectivity index (χ4v) is 3.41. The summed E-state index contributed by atoms with van der Waals surface area (Å²) in [4.78, 5) is 0. The highest BCUT2D eigenvalue weighted by molar-refractivity contribution is 9.10. The van der Waals surface area contributed by atoms with E-state index in [1.807, 2.05) is 48.5 Å². The summed E-state index contributed by atoms with van der Waals surface area (Å²) in [5, 5.41) is 8.00. The molecule has 28 heavy (non-hydrogen) atoms. The molecule has 0 aliphatic heterocycles. The zero-order chi connectivity index (χ0) is 19.8. The van der Waals surface area contributed by atoms with E-state index in [9.17, 15) is 4.21 Å². The van der Waals surface area contributed by atoms with Gasteiger partial charge in [-0.05, 0) is 55.0 Å². The molecule has 6 nitrogen and oxygen atoms in total. The van der Waals surface area contributed by atoms with Crippen molar-refractivity contribution in [1.82, 2.24) is 10.2 Å². The normalized spacial score (nSPS) is 11.9. The lowest BCUT2D eigenvalue weighted by Crippen LogP contribution is -2.10. The Kier molecular flexibility index (Phi) is 7.62. The second kappa shape index (κ2) is 10.4. The van der Waals surface area contributed by atoms with E-state index in [1.165, 1.54) is 0 Å². The van der Waals surface area contributed by atoms with Gasteiger partial charge in [0.2, 0.25) is 11.8 Å². The molecule has 3 aromatic rings. The molecule has 0 unspecified atom stereocenters. The number of nitrogens with zero attached hydrogens (tertiary/aromatic N) is 2. The van der Waals surface area contributed by atoms with Crippen LogP contribution in [0.1, 0.15) is 19.2 Å². The topological polar surface area (TPSA) is 74.5 Å².